The maximum absolute atomic E-state index is 13.0. The number of rotatable bonds is 5. The Balaban J connectivity index is 1.54. The minimum Gasteiger partial charge on any atom is -0.484 e. The lowest BCUT2D eigenvalue weighted by Gasteiger charge is -2.26. The molecule has 0 unspecified atom stereocenters. The first-order valence-corrected chi connectivity index (χ1v) is 9.56. The number of anilines is 1. The molecule has 1 aliphatic rings. The summed E-state index contributed by atoms with van der Waals surface area (Å²) in [6.07, 6.45) is 0. The molecule has 0 radical (unpaired) electrons. The first-order valence-electron chi connectivity index (χ1n) is 9.18. The van der Waals surface area contributed by atoms with Crippen LogP contribution in [0.15, 0.2) is 52.9 Å². The fraction of sp³-hybridized carbons (Fsp3) is 0.238. The number of hydrogen-bond donors (Lipinski definition) is 1. The number of hydrogen-bond acceptors (Lipinski definition) is 5. The Labute approximate surface area is 172 Å². The fourth-order valence-electron chi connectivity index (χ4n) is 3.09. The van der Waals surface area contributed by atoms with Gasteiger partial charge in [0.2, 0.25) is 5.76 Å². The molecule has 1 aliphatic heterocycles. The summed E-state index contributed by atoms with van der Waals surface area (Å²) in [5, 5.41) is 4.01. The molecular weight excluding hydrogens is 396 g/mol. The third-order valence-electron chi connectivity index (χ3n) is 4.54. The standard InChI is InChI=1S/C21H19ClN2O5/c22-14-5-7-15(8-6-14)28-13-18(25)23-19-16-3-1-2-4-17(16)29-20(19)21(26)24-9-11-27-12-10-24/h1-8H,9-13H2,(H,23,25). The van der Waals surface area contributed by atoms with Gasteiger partial charge in [0.25, 0.3) is 11.8 Å². The van der Waals surface area contributed by atoms with Crippen molar-refractivity contribution in [3.05, 3.63) is 59.3 Å². The van der Waals surface area contributed by atoms with Gasteiger partial charge in [-0.2, -0.15) is 0 Å². The largest absolute Gasteiger partial charge is 0.484 e. The zero-order valence-corrected chi connectivity index (χ0v) is 16.3. The van der Waals surface area contributed by atoms with Crippen LogP contribution < -0.4 is 10.1 Å². The highest BCUT2D eigenvalue weighted by Crippen LogP contribution is 2.32. The third-order valence-corrected chi connectivity index (χ3v) is 4.79. The molecule has 8 heteroatoms. The molecule has 2 heterocycles. The summed E-state index contributed by atoms with van der Waals surface area (Å²) in [5.41, 5.74) is 0.875. The number of morpholine rings is 1. The third kappa shape index (κ3) is 4.36. The molecule has 29 heavy (non-hydrogen) atoms. The molecule has 0 spiro atoms. The second-order valence-corrected chi connectivity index (χ2v) is 6.93. The van der Waals surface area contributed by atoms with E-state index in [0.717, 1.165) is 0 Å². The fourth-order valence-corrected chi connectivity index (χ4v) is 3.21. The van der Waals surface area contributed by atoms with Gasteiger partial charge in [0.15, 0.2) is 6.61 Å². The van der Waals surface area contributed by atoms with Crippen LogP contribution in [0.25, 0.3) is 11.0 Å². The van der Waals surface area contributed by atoms with E-state index < -0.39 is 5.91 Å². The molecule has 0 aliphatic carbocycles. The van der Waals surface area contributed by atoms with Gasteiger partial charge in [0, 0.05) is 23.5 Å². The van der Waals surface area contributed by atoms with Crippen molar-refractivity contribution < 1.29 is 23.5 Å². The molecule has 1 aromatic heterocycles. The molecule has 3 aromatic rings. The van der Waals surface area contributed by atoms with Crippen LogP contribution in [0, 0.1) is 0 Å². The molecule has 2 amide bonds. The molecule has 4 rings (SSSR count). The van der Waals surface area contributed by atoms with E-state index in [9.17, 15) is 9.59 Å². The van der Waals surface area contributed by atoms with Crippen LogP contribution in [0.4, 0.5) is 5.69 Å². The van der Waals surface area contributed by atoms with Crippen LogP contribution in [-0.4, -0.2) is 49.6 Å². The number of fused-ring (bicyclic) bond motifs is 1. The number of amides is 2. The first kappa shape index (κ1) is 19.3. The maximum atomic E-state index is 13.0. The highest BCUT2D eigenvalue weighted by Gasteiger charge is 2.27. The van der Waals surface area contributed by atoms with Gasteiger partial charge in [-0.1, -0.05) is 23.7 Å². The van der Waals surface area contributed by atoms with Gasteiger partial charge in [-0.05, 0) is 36.4 Å². The van der Waals surface area contributed by atoms with E-state index in [4.69, 9.17) is 25.5 Å². The lowest BCUT2D eigenvalue weighted by atomic mass is 10.2. The summed E-state index contributed by atoms with van der Waals surface area (Å²) < 4.78 is 16.6. The highest BCUT2D eigenvalue weighted by atomic mass is 35.5. The molecule has 7 nitrogen and oxygen atoms in total. The van der Waals surface area contributed by atoms with Crippen molar-refractivity contribution >= 4 is 40.1 Å². The number of carbonyl (C=O) groups is 2. The summed E-state index contributed by atoms with van der Waals surface area (Å²) >= 11 is 5.85. The number of nitrogens with one attached hydrogen (secondary N) is 1. The molecule has 2 aromatic carbocycles. The average Bonchev–Trinajstić information content (AvgIpc) is 3.12. The van der Waals surface area contributed by atoms with Gasteiger partial charge in [0.05, 0.1) is 13.2 Å². The lowest BCUT2D eigenvalue weighted by molar-refractivity contribution is -0.118. The Morgan fingerprint density at radius 3 is 2.55 bits per heavy atom. The van der Waals surface area contributed by atoms with Gasteiger partial charge in [-0.25, -0.2) is 0 Å². The molecule has 1 N–H and O–H groups in total. The van der Waals surface area contributed by atoms with Crippen LogP contribution in [0.2, 0.25) is 5.02 Å². The number of para-hydroxylation sites is 1. The van der Waals surface area contributed by atoms with Crippen molar-refractivity contribution in [3.8, 4) is 5.75 Å². The van der Waals surface area contributed by atoms with Crippen LogP contribution in [0.1, 0.15) is 10.6 Å². The van der Waals surface area contributed by atoms with E-state index in [1.807, 2.05) is 12.1 Å². The molecule has 1 saturated heterocycles. The summed E-state index contributed by atoms with van der Waals surface area (Å²) in [7, 11) is 0. The predicted molar refractivity (Wildman–Crippen MR) is 109 cm³/mol. The molecule has 0 atom stereocenters. The summed E-state index contributed by atoms with van der Waals surface area (Å²) in [4.78, 5) is 27.1. The number of carbonyl (C=O) groups excluding carboxylic acids is 2. The Morgan fingerprint density at radius 2 is 1.79 bits per heavy atom. The first-order chi connectivity index (χ1) is 14.1. The van der Waals surface area contributed by atoms with E-state index in [0.29, 0.717) is 53.7 Å². The topological polar surface area (TPSA) is 81.0 Å². The minimum absolute atomic E-state index is 0.105. The molecule has 150 valence electrons. The van der Waals surface area contributed by atoms with Gasteiger partial charge in [-0.3, -0.25) is 9.59 Å². The van der Waals surface area contributed by atoms with E-state index in [1.54, 1.807) is 41.3 Å². The average molecular weight is 415 g/mol. The van der Waals surface area contributed by atoms with Crippen LogP contribution in [-0.2, 0) is 9.53 Å². The van der Waals surface area contributed by atoms with E-state index in [2.05, 4.69) is 5.32 Å². The Hall–Kier alpha value is -3.03. The molecule has 0 saturated carbocycles. The van der Waals surface area contributed by atoms with Crippen molar-refractivity contribution in [2.45, 2.75) is 0 Å². The van der Waals surface area contributed by atoms with Crippen molar-refractivity contribution in [2.24, 2.45) is 0 Å². The predicted octanol–water partition coefficient (Wildman–Crippen LogP) is 3.58. The van der Waals surface area contributed by atoms with Gasteiger partial charge in [0.1, 0.15) is 17.0 Å². The summed E-state index contributed by atoms with van der Waals surface area (Å²) in [6, 6.07) is 13.9. The zero-order valence-electron chi connectivity index (χ0n) is 15.5. The molecular formula is C21H19ClN2O5. The monoisotopic (exact) mass is 414 g/mol. The van der Waals surface area contributed by atoms with E-state index in [1.165, 1.54) is 0 Å². The second-order valence-electron chi connectivity index (χ2n) is 6.50. The Kier molecular flexibility index (Phi) is 5.69. The van der Waals surface area contributed by atoms with Crippen molar-refractivity contribution in [1.82, 2.24) is 4.90 Å². The Bertz CT molecular complexity index is 1030. The van der Waals surface area contributed by atoms with E-state index >= 15 is 0 Å². The number of halogens is 1. The van der Waals surface area contributed by atoms with Gasteiger partial charge in [-0.15, -0.1) is 0 Å². The highest BCUT2D eigenvalue weighted by molar-refractivity contribution is 6.30. The SMILES string of the molecule is O=C(COc1ccc(Cl)cc1)Nc1c(C(=O)N2CCOCC2)oc2ccccc12. The van der Waals surface area contributed by atoms with E-state index in [-0.39, 0.29) is 18.3 Å². The minimum atomic E-state index is -0.400. The molecule has 0 bridgehead atoms. The normalized spacial score (nSPS) is 14.0. The Morgan fingerprint density at radius 1 is 1.07 bits per heavy atom. The maximum Gasteiger partial charge on any atom is 0.291 e. The quantitative estimate of drug-likeness (QED) is 0.690. The summed E-state index contributed by atoms with van der Waals surface area (Å²) in [5.74, 6) is -0.0555. The van der Waals surface area contributed by atoms with Crippen molar-refractivity contribution in [3.63, 3.8) is 0 Å². The van der Waals surface area contributed by atoms with Gasteiger partial charge < -0.3 is 24.1 Å². The second kappa shape index (κ2) is 8.55. The summed E-state index contributed by atoms with van der Waals surface area (Å²) in [6.45, 7) is 1.68. The van der Waals surface area contributed by atoms with Crippen LogP contribution >= 0.6 is 11.6 Å². The lowest BCUT2D eigenvalue weighted by Crippen LogP contribution is -2.40. The van der Waals surface area contributed by atoms with Gasteiger partial charge >= 0.3 is 0 Å². The van der Waals surface area contributed by atoms with Crippen molar-refractivity contribution in [1.29, 1.82) is 0 Å². The zero-order chi connectivity index (χ0) is 20.2. The number of nitrogens with zero attached hydrogens (tertiary/aromatic N) is 1. The smallest absolute Gasteiger partial charge is 0.291 e. The van der Waals surface area contributed by atoms with Crippen molar-refractivity contribution in [2.75, 3.05) is 38.2 Å². The molecule has 1 fully saturated rings. The van der Waals surface area contributed by atoms with Crippen LogP contribution in [0.3, 0.4) is 0 Å². The number of benzene rings is 2. The van der Waals surface area contributed by atoms with Crippen LogP contribution in [0.5, 0.6) is 5.75 Å². The number of furan rings is 1. The number of ether oxygens (including phenoxy) is 2.